The molecule has 120 valence electrons. The number of carbonyl (C=O) groups excluding carboxylic acids is 1. The predicted molar refractivity (Wildman–Crippen MR) is 96.8 cm³/mol. The van der Waals surface area contributed by atoms with Crippen molar-refractivity contribution >= 4 is 23.4 Å². The molecule has 0 atom stereocenters. The summed E-state index contributed by atoms with van der Waals surface area (Å²) in [6.45, 7) is 0. The van der Waals surface area contributed by atoms with Gasteiger partial charge in [-0.05, 0) is 54.1 Å². The third kappa shape index (κ3) is 4.46. The van der Waals surface area contributed by atoms with Crippen LogP contribution in [0.5, 0.6) is 0 Å². The molecule has 0 aliphatic carbocycles. The van der Waals surface area contributed by atoms with E-state index in [2.05, 4.69) is 17.4 Å². The van der Waals surface area contributed by atoms with E-state index in [0.717, 1.165) is 11.4 Å². The number of carbonyl (C=O) groups is 1. The fraction of sp³-hybridized carbons (Fsp3) is 0.0500. The highest BCUT2D eigenvalue weighted by Crippen LogP contribution is 2.23. The number of rotatable bonds is 5. The first-order chi connectivity index (χ1) is 11.7. The van der Waals surface area contributed by atoms with Gasteiger partial charge in [0.15, 0.2) is 0 Å². The molecule has 0 bridgehead atoms. The number of halogens is 1. The van der Waals surface area contributed by atoms with Crippen molar-refractivity contribution in [3.05, 3.63) is 95.8 Å². The van der Waals surface area contributed by atoms with Crippen molar-refractivity contribution in [1.82, 2.24) is 0 Å². The molecule has 2 nitrogen and oxygen atoms in total. The summed E-state index contributed by atoms with van der Waals surface area (Å²) in [5.74, 6) is 0.268. The fourth-order valence-electron chi connectivity index (χ4n) is 2.17. The van der Waals surface area contributed by atoms with Gasteiger partial charge in [-0.15, -0.1) is 11.8 Å². The first-order valence-corrected chi connectivity index (χ1v) is 8.53. The van der Waals surface area contributed by atoms with Gasteiger partial charge in [-0.25, -0.2) is 4.39 Å². The van der Waals surface area contributed by atoms with E-state index in [-0.39, 0.29) is 11.7 Å². The standard InChI is InChI=1S/C20H16FNOS/c21-17-10-8-16(9-11-17)20(23)22-18-12-6-15(7-13-18)14-24-19-4-2-1-3-5-19/h1-13H,14H2,(H,22,23). The fourth-order valence-corrected chi connectivity index (χ4v) is 3.05. The van der Waals surface area contributed by atoms with Crippen molar-refractivity contribution in [3.8, 4) is 0 Å². The van der Waals surface area contributed by atoms with Crippen molar-refractivity contribution in [1.29, 1.82) is 0 Å². The zero-order valence-corrected chi connectivity index (χ0v) is 13.7. The van der Waals surface area contributed by atoms with E-state index in [1.54, 1.807) is 11.8 Å². The second-order valence-corrected chi connectivity index (χ2v) is 6.31. The Kier molecular flexibility index (Phi) is 5.29. The average Bonchev–Trinajstić information content (AvgIpc) is 2.62. The van der Waals surface area contributed by atoms with Crippen molar-refractivity contribution < 1.29 is 9.18 Å². The zero-order valence-electron chi connectivity index (χ0n) is 12.9. The molecule has 0 saturated carbocycles. The van der Waals surface area contributed by atoms with Gasteiger partial charge in [0.1, 0.15) is 5.82 Å². The molecule has 0 spiro atoms. The highest BCUT2D eigenvalue weighted by atomic mass is 32.2. The molecule has 0 fully saturated rings. The summed E-state index contributed by atoms with van der Waals surface area (Å²) in [4.78, 5) is 13.3. The summed E-state index contributed by atoms with van der Waals surface area (Å²) in [5.41, 5.74) is 2.33. The Bertz CT molecular complexity index is 801. The Morgan fingerprint density at radius 1 is 0.875 bits per heavy atom. The number of thioether (sulfide) groups is 1. The minimum absolute atomic E-state index is 0.249. The van der Waals surface area contributed by atoms with Crippen molar-refractivity contribution in [3.63, 3.8) is 0 Å². The molecule has 0 aromatic heterocycles. The monoisotopic (exact) mass is 337 g/mol. The largest absolute Gasteiger partial charge is 0.322 e. The van der Waals surface area contributed by atoms with Gasteiger partial charge < -0.3 is 5.32 Å². The molecule has 0 aliphatic rings. The SMILES string of the molecule is O=C(Nc1ccc(CSc2ccccc2)cc1)c1ccc(F)cc1. The van der Waals surface area contributed by atoms with Crippen LogP contribution in [0.15, 0.2) is 83.8 Å². The lowest BCUT2D eigenvalue weighted by atomic mass is 10.2. The van der Waals surface area contributed by atoms with Crippen molar-refractivity contribution in [2.75, 3.05) is 5.32 Å². The van der Waals surface area contributed by atoms with Gasteiger partial charge in [0.25, 0.3) is 5.91 Å². The lowest BCUT2D eigenvalue weighted by Gasteiger charge is -2.07. The zero-order chi connectivity index (χ0) is 16.8. The van der Waals surface area contributed by atoms with Crippen LogP contribution in [-0.2, 0) is 5.75 Å². The van der Waals surface area contributed by atoms with Crippen LogP contribution in [0.2, 0.25) is 0 Å². The summed E-state index contributed by atoms with van der Waals surface area (Å²) in [5, 5.41) is 2.81. The summed E-state index contributed by atoms with van der Waals surface area (Å²) in [7, 11) is 0. The van der Waals surface area contributed by atoms with Crippen LogP contribution in [0.25, 0.3) is 0 Å². The van der Waals surface area contributed by atoms with Crippen LogP contribution < -0.4 is 5.32 Å². The first-order valence-electron chi connectivity index (χ1n) is 7.54. The maximum atomic E-state index is 12.9. The number of anilines is 1. The van der Waals surface area contributed by atoms with Crippen LogP contribution in [0.4, 0.5) is 10.1 Å². The van der Waals surface area contributed by atoms with Crippen LogP contribution in [0, 0.1) is 5.82 Å². The van der Waals surface area contributed by atoms with Gasteiger partial charge in [-0.1, -0.05) is 30.3 Å². The molecule has 0 heterocycles. The molecule has 0 aliphatic heterocycles. The summed E-state index contributed by atoms with van der Waals surface area (Å²) in [6, 6.07) is 23.5. The Labute approximate surface area is 144 Å². The summed E-state index contributed by atoms with van der Waals surface area (Å²) in [6.07, 6.45) is 0. The van der Waals surface area contributed by atoms with Crippen molar-refractivity contribution in [2.24, 2.45) is 0 Å². The molecule has 4 heteroatoms. The lowest BCUT2D eigenvalue weighted by molar-refractivity contribution is 0.102. The van der Waals surface area contributed by atoms with Crippen LogP contribution in [0.3, 0.4) is 0 Å². The second kappa shape index (κ2) is 7.79. The minimum atomic E-state index is -0.355. The topological polar surface area (TPSA) is 29.1 Å². The molecular formula is C20H16FNOS. The third-order valence-electron chi connectivity index (χ3n) is 3.47. The number of hydrogen-bond acceptors (Lipinski definition) is 2. The highest BCUT2D eigenvalue weighted by molar-refractivity contribution is 7.98. The summed E-state index contributed by atoms with van der Waals surface area (Å²) < 4.78 is 12.9. The maximum absolute atomic E-state index is 12.9. The average molecular weight is 337 g/mol. The Balaban J connectivity index is 1.58. The van der Waals surface area contributed by atoms with Crippen molar-refractivity contribution in [2.45, 2.75) is 10.6 Å². The van der Waals surface area contributed by atoms with Crippen LogP contribution in [-0.4, -0.2) is 5.91 Å². The number of nitrogens with one attached hydrogen (secondary N) is 1. The van der Waals surface area contributed by atoms with E-state index >= 15 is 0 Å². The Morgan fingerprint density at radius 2 is 1.54 bits per heavy atom. The molecule has 0 radical (unpaired) electrons. The summed E-state index contributed by atoms with van der Waals surface area (Å²) >= 11 is 1.77. The molecule has 1 N–H and O–H groups in total. The molecule has 1 amide bonds. The van der Waals surface area contributed by atoms with E-state index in [0.29, 0.717) is 5.56 Å². The van der Waals surface area contributed by atoms with Crippen LogP contribution in [0.1, 0.15) is 15.9 Å². The molecule has 3 aromatic rings. The van der Waals surface area contributed by atoms with E-state index in [9.17, 15) is 9.18 Å². The van der Waals surface area contributed by atoms with Gasteiger partial charge in [0.2, 0.25) is 0 Å². The number of hydrogen-bond donors (Lipinski definition) is 1. The van der Waals surface area contributed by atoms with E-state index in [1.807, 2.05) is 42.5 Å². The smallest absolute Gasteiger partial charge is 0.255 e. The normalized spacial score (nSPS) is 10.4. The number of benzene rings is 3. The molecule has 0 saturated heterocycles. The van der Waals surface area contributed by atoms with Gasteiger partial charge in [0.05, 0.1) is 0 Å². The molecule has 0 unspecified atom stereocenters. The lowest BCUT2D eigenvalue weighted by Crippen LogP contribution is -2.11. The van der Waals surface area contributed by atoms with Gasteiger partial charge >= 0.3 is 0 Å². The molecular weight excluding hydrogens is 321 g/mol. The van der Waals surface area contributed by atoms with E-state index in [4.69, 9.17) is 0 Å². The predicted octanol–water partition coefficient (Wildman–Crippen LogP) is 5.37. The molecule has 3 aromatic carbocycles. The third-order valence-corrected chi connectivity index (χ3v) is 4.55. The minimum Gasteiger partial charge on any atom is -0.322 e. The second-order valence-electron chi connectivity index (χ2n) is 5.26. The first kappa shape index (κ1) is 16.3. The quantitative estimate of drug-likeness (QED) is 0.634. The molecule has 3 rings (SSSR count). The van der Waals surface area contributed by atoms with Gasteiger partial charge in [-0.2, -0.15) is 0 Å². The Hall–Kier alpha value is -2.59. The van der Waals surface area contributed by atoms with Gasteiger partial charge in [0, 0.05) is 21.9 Å². The van der Waals surface area contributed by atoms with Gasteiger partial charge in [-0.3, -0.25) is 4.79 Å². The highest BCUT2D eigenvalue weighted by Gasteiger charge is 2.06. The van der Waals surface area contributed by atoms with E-state index < -0.39 is 0 Å². The number of amides is 1. The maximum Gasteiger partial charge on any atom is 0.255 e. The van der Waals surface area contributed by atoms with E-state index in [1.165, 1.54) is 34.7 Å². The molecule has 24 heavy (non-hydrogen) atoms. The van der Waals surface area contributed by atoms with Crippen LogP contribution >= 0.6 is 11.8 Å². The Morgan fingerprint density at radius 3 is 2.21 bits per heavy atom.